The number of hydrogen-bond donors (Lipinski definition) is 1. The highest BCUT2D eigenvalue weighted by Crippen LogP contribution is 2.28. The smallest absolute Gasteiger partial charge is 0.129 e. The predicted octanol–water partition coefficient (Wildman–Crippen LogP) is 2.27. The summed E-state index contributed by atoms with van der Waals surface area (Å²) in [6.07, 6.45) is 2.75. The van der Waals surface area contributed by atoms with Crippen LogP contribution in [0.2, 0.25) is 0 Å². The molecule has 1 N–H and O–H groups in total. The molecule has 0 saturated heterocycles. The Morgan fingerprint density at radius 1 is 1.32 bits per heavy atom. The van der Waals surface area contributed by atoms with Crippen molar-refractivity contribution in [3.05, 3.63) is 47.4 Å². The number of fused-ring (bicyclic) bond motifs is 3. The Morgan fingerprint density at radius 3 is 3.05 bits per heavy atom. The Kier molecular flexibility index (Phi) is 3.18. The van der Waals surface area contributed by atoms with E-state index in [-0.39, 0.29) is 5.82 Å². The minimum absolute atomic E-state index is 0.175. The SMILES string of the molecule is Cc1nncn1CCN1CCc2[nH]c3ccc(F)cc3c2C1. The molecule has 1 aliphatic rings. The molecule has 0 spiro atoms. The van der Waals surface area contributed by atoms with E-state index in [0.29, 0.717) is 0 Å². The Morgan fingerprint density at radius 2 is 2.23 bits per heavy atom. The van der Waals surface area contributed by atoms with Crippen LogP contribution in [0.3, 0.4) is 0 Å². The van der Waals surface area contributed by atoms with Crippen molar-refractivity contribution in [3.63, 3.8) is 0 Å². The van der Waals surface area contributed by atoms with Crippen LogP contribution in [0, 0.1) is 12.7 Å². The van der Waals surface area contributed by atoms with Gasteiger partial charge in [0.25, 0.3) is 0 Å². The summed E-state index contributed by atoms with van der Waals surface area (Å²) < 4.78 is 15.6. The molecule has 0 saturated carbocycles. The number of rotatable bonds is 3. The molecular weight excluding hydrogens is 281 g/mol. The Hall–Kier alpha value is -2.21. The number of aromatic amines is 1. The predicted molar refractivity (Wildman–Crippen MR) is 82.0 cm³/mol. The summed E-state index contributed by atoms with van der Waals surface area (Å²) in [5.74, 6) is 0.762. The van der Waals surface area contributed by atoms with Crippen LogP contribution in [0.25, 0.3) is 10.9 Å². The first kappa shape index (κ1) is 13.5. The number of aromatic nitrogens is 4. The first-order chi connectivity index (χ1) is 10.7. The van der Waals surface area contributed by atoms with Crippen molar-refractivity contribution < 1.29 is 4.39 Å². The van der Waals surface area contributed by atoms with E-state index in [1.165, 1.54) is 17.3 Å². The lowest BCUT2D eigenvalue weighted by atomic mass is 10.0. The monoisotopic (exact) mass is 299 g/mol. The molecule has 0 radical (unpaired) electrons. The van der Waals surface area contributed by atoms with Crippen LogP contribution in [0.1, 0.15) is 17.1 Å². The molecule has 6 heteroatoms. The molecule has 0 fully saturated rings. The molecule has 1 aliphatic heterocycles. The van der Waals surface area contributed by atoms with Gasteiger partial charge in [-0.25, -0.2) is 4.39 Å². The molecule has 0 aliphatic carbocycles. The van der Waals surface area contributed by atoms with Crippen molar-refractivity contribution in [2.45, 2.75) is 26.4 Å². The minimum atomic E-state index is -0.175. The maximum atomic E-state index is 13.5. The number of nitrogens with zero attached hydrogens (tertiary/aromatic N) is 4. The van der Waals surface area contributed by atoms with Crippen LogP contribution >= 0.6 is 0 Å². The van der Waals surface area contributed by atoms with Crippen molar-refractivity contribution in [2.24, 2.45) is 0 Å². The van der Waals surface area contributed by atoms with Gasteiger partial charge in [-0.3, -0.25) is 4.90 Å². The third-order valence-corrected chi connectivity index (χ3v) is 4.48. The molecule has 2 aromatic heterocycles. The zero-order valence-corrected chi connectivity index (χ0v) is 12.5. The fourth-order valence-corrected chi connectivity index (χ4v) is 3.21. The number of hydrogen-bond acceptors (Lipinski definition) is 3. The molecule has 0 bridgehead atoms. The molecule has 3 heterocycles. The van der Waals surface area contributed by atoms with Gasteiger partial charge < -0.3 is 9.55 Å². The van der Waals surface area contributed by atoms with E-state index in [0.717, 1.165) is 49.3 Å². The van der Waals surface area contributed by atoms with Crippen LogP contribution in [0.4, 0.5) is 4.39 Å². The molecule has 3 aromatic rings. The Bertz CT molecular complexity index is 819. The third kappa shape index (κ3) is 2.29. The quantitative estimate of drug-likeness (QED) is 0.807. The summed E-state index contributed by atoms with van der Waals surface area (Å²) in [6.45, 7) is 5.67. The molecule has 0 amide bonds. The van der Waals surface area contributed by atoms with Gasteiger partial charge in [-0.15, -0.1) is 10.2 Å². The maximum absolute atomic E-state index is 13.5. The maximum Gasteiger partial charge on any atom is 0.129 e. The van der Waals surface area contributed by atoms with Gasteiger partial charge >= 0.3 is 0 Å². The van der Waals surface area contributed by atoms with E-state index in [2.05, 4.69) is 24.6 Å². The number of halogens is 1. The summed E-state index contributed by atoms with van der Waals surface area (Å²) in [5.41, 5.74) is 3.52. The first-order valence-corrected chi connectivity index (χ1v) is 7.56. The van der Waals surface area contributed by atoms with Gasteiger partial charge in [-0.1, -0.05) is 0 Å². The largest absolute Gasteiger partial charge is 0.358 e. The average Bonchev–Trinajstić information content (AvgIpc) is 3.08. The number of benzene rings is 1. The summed E-state index contributed by atoms with van der Waals surface area (Å²) in [6, 6.07) is 4.98. The molecule has 114 valence electrons. The number of nitrogens with one attached hydrogen (secondary N) is 1. The van der Waals surface area contributed by atoms with Crippen molar-refractivity contribution in [3.8, 4) is 0 Å². The zero-order valence-electron chi connectivity index (χ0n) is 12.5. The summed E-state index contributed by atoms with van der Waals surface area (Å²) in [4.78, 5) is 5.83. The van der Waals surface area contributed by atoms with Gasteiger partial charge in [-0.05, 0) is 30.7 Å². The summed E-state index contributed by atoms with van der Waals surface area (Å²) in [5, 5.41) is 8.93. The fourth-order valence-electron chi connectivity index (χ4n) is 3.21. The summed E-state index contributed by atoms with van der Waals surface area (Å²) in [7, 11) is 0. The lowest BCUT2D eigenvalue weighted by Crippen LogP contribution is -2.33. The van der Waals surface area contributed by atoms with Crippen molar-refractivity contribution in [1.29, 1.82) is 0 Å². The van der Waals surface area contributed by atoms with Gasteiger partial charge in [0.2, 0.25) is 0 Å². The van der Waals surface area contributed by atoms with Gasteiger partial charge in [0.05, 0.1) is 0 Å². The second kappa shape index (κ2) is 5.21. The lowest BCUT2D eigenvalue weighted by Gasteiger charge is -2.27. The molecule has 0 unspecified atom stereocenters. The number of aryl methyl sites for hydroxylation is 1. The summed E-state index contributed by atoms with van der Waals surface area (Å²) >= 11 is 0. The van der Waals surface area contributed by atoms with E-state index in [4.69, 9.17) is 0 Å². The van der Waals surface area contributed by atoms with Gasteiger partial charge in [0.15, 0.2) is 0 Å². The molecular formula is C16H18FN5. The van der Waals surface area contributed by atoms with E-state index in [1.807, 2.05) is 13.0 Å². The average molecular weight is 299 g/mol. The van der Waals surface area contributed by atoms with E-state index in [1.54, 1.807) is 12.4 Å². The fraction of sp³-hybridized carbons (Fsp3) is 0.375. The molecule has 4 rings (SSSR count). The van der Waals surface area contributed by atoms with Crippen LogP contribution in [0.5, 0.6) is 0 Å². The number of H-pyrrole nitrogens is 1. The highest BCUT2D eigenvalue weighted by atomic mass is 19.1. The van der Waals surface area contributed by atoms with Gasteiger partial charge in [-0.2, -0.15) is 0 Å². The molecule has 5 nitrogen and oxygen atoms in total. The van der Waals surface area contributed by atoms with Gasteiger partial charge in [0.1, 0.15) is 18.0 Å². The standard InChI is InChI=1S/C16H18FN5/c1-11-20-18-10-22(11)7-6-21-5-4-16-14(9-21)13-8-12(17)2-3-15(13)19-16/h2-3,8,10,19H,4-7,9H2,1H3. The molecule has 0 atom stereocenters. The Labute approximate surface area is 127 Å². The van der Waals surface area contributed by atoms with Crippen LogP contribution < -0.4 is 0 Å². The van der Waals surface area contributed by atoms with E-state index < -0.39 is 0 Å². The van der Waals surface area contributed by atoms with E-state index in [9.17, 15) is 4.39 Å². The van der Waals surface area contributed by atoms with Crippen LogP contribution in [-0.2, 0) is 19.5 Å². The van der Waals surface area contributed by atoms with Crippen LogP contribution in [0.15, 0.2) is 24.5 Å². The molecule has 1 aromatic carbocycles. The lowest BCUT2D eigenvalue weighted by molar-refractivity contribution is 0.243. The van der Waals surface area contributed by atoms with Crippen molar-refractivity contribution >= 4 is 10.9 Å². The first-order valence-electron chi connectivity index (χ1n) is 7.56. The second-order valence-corrected chi connectivity index (χ2v) is 5.87. The second-order valence-electron chi connectivity index (χ2n) is 5.87. The third-order valence-electron chi connectivity index (χ3n) is 4.48. The zero-order chi connectivity index (χ0) is 15.1. The molecule has 22 heavy (non-hydrogen) atoms. The van der Waals surface area contributed by atoms with Crippen molar-refractivity contribution in [2.75, 3.05) is 13.1 Å². The van der Waals surface area contributed by atoms with Crippen molar-refractivity contribution in [1.82, 2.24) is 24.6 Å². The Balaban J connectivity index is 1.54. The van der Waals surface area contributed by atoms with E-state index >= 15 is 0 Å². The highest BCUT2D eigenvalue weighted by Gasteiger charge is 2.20. The highest BCUT2D eigenvalue weighted by molar-refractivity contribution is 5.84. The minimum Gasteiger partial charge on any atom is -0.358 e. The topological polar surface area (TPSA) is 49.7 Å². The van der Waals surface area contributed by atoms with Gasteiger partial charge in [0, 0.05) is 49.2 Å². The normalized spacial score (nSPS) is 15.4. The van der Waals surface area contributed by atoms with Crippen LogP contribution in [-0.4, -0.2) is 37.7 Å².